The van der Waals surface area contributed by atoms with Crippen LogP contribution in [0.15, 0.2) is 24.3 Å². The maximum absolute atomic E-state index is 12.3. The Balaban J connectivity index is 1.58. The number of carbonyl (C=O) groups excluding carboxylic acids is 1. The van der Waals surface area contributed by atoms with Crippen LogP contribution in [0.2, 0.25) is 0 Å². The highest BCUT2D eigenvalue weighted by molar-refractivity contribution is 7.20. The smallest absolute Gasteiger partial charge is 0.317 e. The molecule has 1 aromatic carbocycles. The van der Waals surface area contributed by atoms with E-state index in [4.69, 9.17) is 10.1 Å². The van der Waals surface area contributed by atoms with Crippen LogP contribution in [0.1, 0.15) is 46.6 Å². The fourth-order valence-electron chi connectivity index (χ4n) is 3.88. The Hall–Kier alpha value is -2.81. The maximum Gasteiger partial charge on any atom is 0.317 e. The van der Waals surface area contributed by atoms with E-state index >= 15 is 0 Å². The minimum atomic E-state index is -0.130. The van der Waals surface area contributed by atoms with Crippen molar-refractivity contribution in [3.05, 3.63) is 29.8 Å². The fourth-order valence-corrected chi connectivity index (χ4v) is 4.83. The number of fused-ring (bicyclic) bond motifs is 1. The minimum Gasteiger partial charge on any atom is -0.364 e. The zero-order valence-electron chi connectivity index (χ0n) is 20.3. The summed E-state index contributed by atoms with van der Waals surface area (Å²) in [5, 5.41) is 12.5. The molecular formula is C24H35N7OS. The van der Waals surface area contributed by atoms with E-state index < -0.39 is 0 Å². The Morgan fingerprint density at radius 3 is 2.39 bits per heavy atom. The summed E-state index contributed by atoms with van der Waals surface area (Å²) < 4.78 is 1.94. The Labute approximate surface area is 200 Å². The monoisotopic (exact) mass is 469 g/mol. The minimum absolute atomic E-state index is 0.0286. The summed E-state index contributed by atoms with van der Waals surface area (Å²) in [4.78, 5) is 22.2. The molecular weight excluding hydrogens is 434 g/mol. The van der Waals surface area contributed by atoms with E-state index in [2.05, 4.69) is 74.4 Å². The van der Waals surface area contributed by atoms with Crippen molar-refractivity contribution in [2.45, 2.75) is 53.0 Å². The van der Waals surface area contributed by atoms with Gasteiger partial charge in [-0.25, -0.2) is 9.78 Å². The van der Waals surface area contributed by atoms with Crippen molar-refractivity contribution < 1.29 is 4.79 Å². The molecule has 1 fully saturated rings. The highest BCUT2D eigenvalue weighted by atomic mass is 32.1. The summed E-state index contributed by atoms with van der Waals surface area (Å²) in [6.07, 6.45) is 1.96. The molecule has 2 aromatic heterocycles. The van der Waals surface area contributed by atoms with Gasteiger partial charge in [0.25, 0.3) is 0 Å². The van der Waals surface area contributed by atoms with Crippen LogP contribution in [0.4, 0.5) is 15.7 Å². The molecule has 3 aromatic rings. The van der Waals surface area contributed by atoms with Crippen molar-refractivity contribution in [1.29, 1.82) is 0 Å². The number of nitrogens with one attached hydrogen (secondary N) is 2. The Kier molecular flexibility index (Phi) is 6.78. The number of aryl methyl sites for hydroxylation is 1. The van der Waals surface area contributed by atoms with Crippen LogP contribution in [-0.2, 0) is 6.42 Å². The summed E-state index contributed by atoms with van der Waals surface area (Å²) in [5.74, 6) is 0.918. The van der Waals surface area contributed by atoms with Gasteiger partial charge in [0.2, 0.25) is 10.1 Å². The Morgan fingerprint density at radius 2 is 1.79 bits per heavy atom. The fraction of sp³-hybridized carbons (Fsp3) is 0.542. The third kappa shape index (κ3) is 5.24. The first-order valence-electron chi connectivity index (χ1n) is 11.8. The second kappa shape index (κ2) is 9.59. The van der Waals surface area contributed by atoms with E-state index in [0.717, 1.165) is 59.6 Å². The van der Waals surface area contributed by atoms with Gasteiger partial charge in [0, 0.05) is 43.8 Å². The molecule has 178 valence electrons. The van der Waals surface area contributed by atoms with Gasteiger partial charge in [0.05, 0.1) is 0 Å². The van der Waals surface area contributed by atoms with Crippen molar-refractivity contribution in [2.75, 3.05) is 42.9 Å². The van der Waals surface area contributed by atoms with Crippen LogP contribution in [-0.4, -0.2) is 63.8 Å². The average molecular weight is 470 g/mol. The molecule has 0 saturated carbocycles. The summed E-state index contributed by atoms with van der Waals surface area (Å²) in [6, 6.07) is 8.64. The predicted octanol–water partition coefficient (Wildman–Crippen LogP) is 4.47. The first-order valence-corrected chi connectivity index (χ1v) is 12.7. The lowest BCUT2D eigenvalue weighted by molar-refractivity contribution is 0.194. The van der Waals surface area contributed by atoms with Gasteiger partial charge < -0.3 is 20.4 Å². The van der Waals surface area contributed by atoms with Crippen molar-refractivity contribution in [3.8, 4) is 11.3 Å². The standard InChI is InChI=1S/C24H35N7OS/c1-6-12-25-21(32)29-13-15-30(16-14-29)23-28-31-20(27-24(3,4)5)19(26-22(31)33-23)18-10-8-17(7-2)9-11-18/h8-11,27H,6-7,12-16H2,1-5H3,(H,25,32). The average Bonchev–Trinajstić information content (AvgIpc) is 3.36. The molecule has 4 rings (SSSR count). The van der Waals surface area contributed by atoms with Gasteiger partial charge in [0.15, 0.2) is 5.82 Å². The number of piperazine rings is 1. The largest absolute Gasteiger partial charge is 0.364 e. The number of imidazole rings is 1. The Bertz CT molecular complexity index is 1090. The lowest BCUT2D eigenvalue weighted by Gasteiger charge is -2.34. The number of aromatic nitrogens is 3. The molecule has 2 N–H and O–H groups in total. The van der Waals surface area contributed by atoms with Gasteiger partial charge in [-0.15, -0.1) is 5.10 Å². The third-order valence-electron chi connectivity index (χ3n) is 5.69. The number of benzene rings is 1. The zero-order chi connectivity index (χ0) is 23.6. The van der Waals surface area contributed by atoms with Crippen LogP contribution < -0.4 is 15.5 Å². The van der Waals surface area contributed by atoms with Crippen LogP contribution in [0.25, 0.3) is 16.2 Å². The molecule has 0 spiro atoms. The van der Waals surface area contributed by atoms with Crippen molar-refractivity contribution >= 4 is 33.3 Å². The van der Waals surface area contributed by atoms with Crippen LogP contribution in [0, 0.1) is 0 Å². The van der Waals surface area contributed by atoms with Crippen molar-refractivity contribution in [2.24, 2.45) is 0 Å². The molecule has 1 aliphatic heterocycles. The van der Waals surface area contributed by atoms with Crippen molar-refractivity contribution in [1.82, 2.24) is 24.8 Å². The summed E-state index contributed by atoms with van der Waals surface area (Å²) in [6.45, 7) is 14.3. The summed E-state index contributed by atoms with van der Waals surface area (Å²) in [5.41, 5.74) is 3.20. The van der Waals surface area contributed by atoms with Crippen LogP contribution in [0.5, 0.6) is 0 Å². The number of amides is 2. The summed E-state index contributed by atoms with van der Waals surface area (Å²) >= 11 is 1.60. The molecule has 8 nitrogen and oxygen atoms in total. The van der Waals surface area contributed by atoms with Crippen molar-refractivity contribution in [3.63, 3.8) is 0 Å². The lowest BCUT2D eigenvalue weighted by Crippen LogP contribution is -2.52. The second-order valence-corrected chi connectivity index (χ2v) is 10.5. The molecule has 0 aliphatic carbocycles. The maximum atomic E-state index is 12.3. The molecule has 0 radical (unpaired) electrons. The van der Waals surface area contributed by atoms with E-state index in [1.165, 1.54) is 5.56 Å². The normalized spacial score (nSPS) is 14.7. The number of urea groups is 1. The molecule has 0 bridgehead atoms. The molecule has 0 atom stereocenters. The number of rotatable bonds is 6. The second-order valence-electron chi connectivity index (χ2n) is 9.52. The van der Waals surface area contributed by atoms with Gasteiger partial charge in [-0.3, -0.25) is 0 Å². The van der Waals surface area contributed by atoms with Gasteiger partial charge in [-0.2, -0.15) is 4.52 Å². The van der Waals surface area contributed by atoms with E-state index in [-0.39, 0.29) is 11.6 Å². The molecule has 0 unspecified atom stereocenters. The van der Waals surface area contributed by atoms with Gasteiger partial charge >= 0.3 is 6.03 Å². The molecule has 3 heterocycles. The van der Waals surface area contributed by atoms with E-state index in [9.17, 15) is 4.79 Å². The number of nitrogens with zero attached hydrogens (tertiary/aromatic N) is 5. The highest BCUT2D eigenvalue weighted by Gasteiger charge is 2.26. The molecule has 9 heteroatoms. The highest BCUT2D eigenvalue weighted by Crippen LogP contribution is 2.35. The summed E-state index contributed by atoms with van der Waals surface area (Å²) in [7, 11) is 0. The van der Waals surface area contributed by atoms with Crippen LogP contribution in [0.3, 0.4) is 0 Å². The quantitative estimate of drug-likeness (QED) is 0.557. The number of anilines is 2. The number of carbonyl (C=O) groups is 1. The molecule has 1 aliphatic rings. The van der Waals surface area contributed by atoms with Gasteiger partial charge in [-0.1, -0.05) is 49.4 Å². The topological polar surface area (TPSA) is 77.8 Å². The number of hydrogen-bond donors (Lipinski definition) is 2. The Morgan fingerprint density at radius 1 is 1.09 bits per heavy atom. The molecule has 2 amide bonds. The van der Waals surface area contributed by atoms with E-state index in [0.29, 0.717) is 13.1 Å². The zero-order valence-corrected chi connectivity index (χ0v) is 21.1. The molecule has 33 heavy (non-hydrogen) atoms. The van der Waals surface area contributed by atoms with Crippen LogP contribution >= 0.6 is 11.3 Å². The van der Waals surface area contributed by atoms with Gasteiger partial charge in [0.1, 0.15) is 5.69 Å². The third-order valence-corrected chi connectivity index (χ3v) is 6.65. The molecule has 1 saturated heterocycles. The SMILES string of the molecule is CCCNC(=O)N1CCN(c2nn3c(NC(C)(C)C)c(-c4ccc(CC)cc4)nc3s2)CC1. The van der Waals surface area contributed by atoms with Gasteiger partial charge in [-0.05, 0) is 39.2 Å². The lowest BCUT2D eigenvalue weighted by atomic mass is 10.1. The van der Waals surface area contributed by atoms with E-state index in [1.54, 1.807) is 11.3 Å². The number of hydrogen-bond acceptors (Lipinski definition) is 6. The first kappa shape index (κ1) is 23.4. The first-order chi connectivity index (χ1) is 15.8. The van der Waals surface area contributed by atoms with E-state index in [1.807, 2.05) is 9.42 Å². The predicted molar refractivity (Wildman–Crippen MR) is 137 cm³/mol.